The van der Waals surface area contributed by atoms with Gasteiger partial charge < -0.3 is 4.98 Å². The number of unbranched alkanes of at least 4 members (excludes halogenated alkanes) is 1. The fourth-order valence-corrected chi connectivity index (χ4v) is 2.06. The second-order valence-corrected chi connectivity index (χ2v) is 4.75. The molecule has 0 aliphatic heterocycles. The van der Waals surface area contributed by atoms with Crippen LogP contribution in [0.3, 0.4) is 0 Å². The minimum atomic E-state index is 0.556. The number of aromatic amines is 1. The largest absolute Gasteiger partial charge is 0.340 e. The van der Waals surface area contributed by atoms with Crippen LogP contribution in [0.25, 0.3) is 0 Å². The van der Waals surface area contributed by atoms with Gasteiger partial charge in [-0.25, -0.2) is 4.98 Å². The van der Waals surface area contributed by atoms with Crippen molar-refractivity contribution in [2.75, 3.05) is 0 Å². The van der Waals surface area contributed by atoms with E-state index in [1.54, 1.807) is 12.1 Å². The van der Waals surface area contributed by atoms with E-state index >= 15 is 0 Å². The first-order chi connectivity index (χ1) is 9.76. The van der Waals surface area contributed by atoms with E-state index in [1.165, 1.54) is 0 Å². The average molecular weight is 267 g/mol. The van der Waals surface area contributed by atoms with Crippen molar-refractivity contribution in [3.63, 3.8) is 0 Å². The van der Waals surface area contributed by atoms with Gasteiger partial charge in [0.2, 0.25) is 0 Å². The van der Waals surface area contributed by atoms with Crippen LogP contribution in [-0.4, -0.2) is 16.3 Å². The molecule has 0 unspecified atom stereocenters. The van der Waals surface area contributed by atoms with Crippen LogP contribution < -0.4 is 0 Å². The van der Waals surface area contributed by atoms with Crippen LogP contribution in [0.2, 0.25) is 0 Å². The minimum absolute atomic E-state index is 0.556. The van der Waals surface area contributed by atoms with Crippen molar-refractivity contribution in [2.24, 2.45) is 0 Å². The number of rotatable bonds is 6. The number of benzene rings is 1. The molecule has 2 aromatic rings. The third-order valence-corrected chi connectivity index (χ3v) is 3.20. The van der Waals surface area contributed by atoms with Crippen molar-refractivity contribution >= 4 is 6.29 Å². The first-order valence-corrected chi connectivity index (χ1v) is 6.78. The van der Waals surface area contributed by atoms with Crippen molar-refractivity contribution in [1.82, 2.24) is 9.97 Å². The first kappa shape index (κ1) is 14.0. The standard InChI is InChI=1S/C16H17N3O/c1-2-3-4-16-18-14(15(11-20)19-16)9-12-5-7-13(10-17)8-6-12/h5-8,11H,2-4,9H2,1H3,(H,18,19). The highest BCUT2D eigenvalue weighted by atomic mass is 16.1. The molecule has 0 amide bonds. The van der Waals surface area contributed by atoms with Crippen LogP contribution in [0.15, 0.2) is 24.3 Å². The van der Waals surface area contributed by atoms with Crippen LogP contribution in [0.1, 0.15) is 52.9 Å². The zero-order chi connectivity index (χ0) is 14.4. The highest BCUT2D eigenvalue weighted by Gasteiger charge is 2.10. The van der Waals surface area contributed by atoms with Gasteiger partial charge in [0, 0.05) is 12.8 Å². The van der Waals surface area contributed by atoms with Crippen LogP contribution in [-0.2, 0) is 12.8 Å². The molecule has 0 aliphatic rings. The van der Waals surface area contributed by atoms with Crippen LogP contribution >= 0.6 is 0 Å². The highest BCUT2D eigenvalue weighted by molar-refractivity contribution is 5.73. The molecule has 0 aliphatic carbocycles. The molecule has 0 fully saturated rings. The molecule has 1 heterocycles. The van der Waals surface area contributed by atoms with Crippen molar-refractivity contribution < 1.29 is 4.79 Å². The van der Waals surface area contributed by atoms with E-state index in [9.17, 15) is 4.79 Å². The van der Waals surface area contributed by atoms with Crippen LogP contribution in [0.4, 0.5) is 0 Å². The number of nitrogens with one attached hydrogen (secondary N) is 1. The monoisotopic (exact) mass is 267 g/mol. The summed E-state index contributed by atoms with van der Waals surface area (Å²) in [5.41, 5.74) is 3.01. The molecule has 0 bridgehead atoms. The number of aromatic nitrogens is 2. The molecule has 1 N–H and O–H groups in total. The van der Waals surface area contributed by atoms with E-state index in [-0.39, 0.29) is 0 Å². The first-order valence-electron chi connectivity index (χ1n) is 6.78. The van der Waals surface area contributed by atoms with Gasteiger partial charge in [0.15, 0.2) is 6.29 Å². The van der Waals surface area contributed by atoms with E-state index in [0.717, 1.165) is 42.6 Å². The number of carbonyl (C=O) groups excluding carboxylic acids is 1. The number of imidazole rings is 1. The van der Waals surface area contributed by atoms with E-state index in [4.69, 9.17) is 5.26 Å². The quantitative estimate of drug-likeness (QED) is 0.818. The molecule has 4 nitrogen and oxygen atoms in total. The molecule has 4 heteroatoms. The molecule has 102 valence electrons. The summed E-state index contributed by atoms with van der Waals surface area (Å²) in [6, 6.07) is 9.44. The maximum atomic E-state index is 11.1. The topological polar surface area (TPSA) is 69.5 Å². The lowest BCUT2D eigenvalue weighted by Crippen LogP contribution is -1.94. The summed E-state index contributed by atoms with van der Waals surface area (Å²) in [7, 11) is 0. The minimum Gasteiger partial charge on any atom is -0.340 e. The Hall–Kier alpha value is -2.41. The van der Waals surface area contributed by atoms with Crippen LogP contribution in [0, 0.1) is 11.3 Å². The summed E-state index contributed by atoms with van der Waals surface area (Å²) in [6.07, 6.45) is 4.44. The summed E-state index contributed by atoms with van der Waals surface area (Å²) in [5.74, 6) is 0.873. The molecule has 2 rings (SSSR count). The number of carbonyl (C=O) groups is 1. The Kier molecular flexibility index (Phi) is 4.67. The Morgan fingerprint density at radius 1 is 1.35 bits per heavy atom. The lowest BCUT2D eigenvalue weighted by molar-refractivity contribution is 0.111. The van der Waals surface area contributed by atoms with Gasteiger partial charge in [0.25, 0.3) is 0 Å². The predicted molar refractivity (Wildman–Crippen MR) is 76.6 cm³/mol. The van der Waals surface area contributed by atoms with E-state index in [2.05, 4.69) is 23.0 Å². The number of aldehydes is 1. The Balaban J connectivity index is 2.16. The molecular weight excluding hydrogens is 250 g/mol. The Bertz CT molecular complexity index is 620. The maximum absolute atomic E-state index is 11.1. The zero-order valence-electron chi connectivity index (χ0n) is 11.5. The molecule has 20 heavy (non-hydrogen) atoms. The van der Waals surface area contributed by atoms with Gasteiger partial charge in [0.1, 0.15) is 11.5 Å². The maximum Gasteiger partial charge on any atom is 0.168 e. The fraction of sp³-hybridized carbons (Fsp3) is 0.312. The van der Waals surface area contributed by atoms with Gasteiger partial charge in [-0.15, -0.1) is 0 Å². The Morgan fingerprint density at radius 3 is 2.70 bits per heavy atom. The number of hydrogen-bond donors (Lipinski definition) is 1. The second-order valence-electron chi connectivity index (χ2n) is 4.75. The van der Waals surface area contributed by atoms with E-state index in [1.807, 2.05) is 12.1 Å². The van der Waals surface area contributed by atoms with Crippen molar-refractivity contribution in [2.45, 2.75) is 32.6 Å². The summed E-state index contributed by atoms with van der Waals surface area (Å²) >= 11 is 0. The SMILES string of the molecule is CCCCc1nc(Cc2ccc(C#N)cc2)c(C=O)[nH]1. The molecule has 0 radical (unpaired) electrons. The summed E-state index contributed by atoms with van der Waals surface area (Å²) in [5, 5.41) is 8.77. The zero-order valence-corrected chi connectivity index (χ0v) is 11.5. The molecule has 1 aromatic heterocycles. The fourth-order valence-electron chi connectivity index (χ4n) is 2.06. The van der Waals surface area contributed by atoms with Gasteiger partial charge >= 0.3 is 0 Å². The highest BCUT2D eigenvalue weighted by Crippen LogP contribution is 2.13. The van der Waals surface area contributed by atoms with Gasteiger partial charge in [-0.05, 0) is 24.1 Å². The predicted octanol–water partition coefficient (Wildman–Crippen LogP) is 3.03. The molecular formula is C16H17N3O. The molecule has 0 saturated carbocycles. The number of nitriles is 1. The number of hydrogen-bond acceptors (Lipinski definition) is 3. The third-order valence-electron chi connectivity index (χ3n) is 3.20. The van der Waals surface area contributed by atoms with Gasteiger partial charge in [-0.3, -0.25) is 4.79 Å². The van der Waals surface area contributed by atoms with Gasteiger partial charge in [-0.1, -0.05) is 25.5 Å². The summed E-state index contributed by atoms with van der Waals surface area (Å²) < 4.78 is 0. The van der Waals surface area contributed by atoms with E-state index < -0.39 is 0 Å². The van der Waals surface area contributed by atoms with Gasteiger partial charge in [0.05, 0.1) is 17.3 Å². The van der Waals surface area contributed by atoms with Crippen molar-refractivity contribution in [3.8, 4) is 6.07 Å². The van der Waals surface area contributed by atoms with E-state index in [0.29, 0.717) is 17.7 Å². The second kappa shape index (κ2) is 6.67. The number of aryl methyl sites for hydroxylation is 1. The lowest BCUT2D eigenvalue weighted by atomic mass is 10.1. The third kappa shape index (κ3) is 3.33. The normalized spacial score (nSPS) is 10.2. The molecule has 1 aromatic carbocycles. The van der Waals surface area contributed by atoms with Crippen molar-refractivity contribution in [3.05, 3.63) is 52.6 Å². The summed E-state index contributed by atoms with van der Waals surface area (Å²) in [6.45, 7) is 2.13. The summed E-state index contributed by atoms with van der Waals surface area (Å²) in [4.78, 5) is 18.7. The molecule has 0 spiro atoms. The number of H-pyrrole nitrogens is 1. The van der Waals surface area contributed by atoms with Crippen molar-refractivity contribution in [1.29, 1.82) is 5.26 Å². The smallest absolute Gasteiger partial charge is 0.168 e. The van der Waals surface area contributed by atoms with Gasteiger partial charge in [-0.2, -0.15) is 5.26 Å². The van der Waals surface area contributed by atoms with Crippen LogP contribution in [0.5, 0.6) is 0 Å². The Labute approximate surface area is 118 Å². The average Bonchev–Trinajstić information content (AvgIpc) is 2.88. The Morgan fingerprint density at radius 2 is 2.10 bits per heavy atom. The number of nitrogens with zero attached hydrogens (tertiary/aromatic N) is 2. The lowest BCUT2D eigenvalue weighted by Gasteiger charge is -1.99. The molecule has 0 atom stereocenters. The molecule has 0 saturated heterocycles.